The van der Waals surface area contributed by atoms with Gasteiger partial charge >= 0.3 is 5.63 Å². The minimum atomic E-state index is -0.674. The molecule has 3 aromatic rings. The Hall–Kier alpha value is -2.84. The summed E-state index contributed by atoms with van der Waals surface area (Å²) in [5.74, 6) is 1.63. The first kappa shape index (κ1) is 24.5. The molecule has 1 aliphatic heterocycles. The normalized spacial score (nSPS) is 24.3. The Morgan fingerprint density at radius 3 is 2.76 bits per heavy atom. The van der Waals surface area contributed by atoms with Gasteiger partial charge in [-0.25, -0.2) is 4.79 Å². The molecule has 1 N–H and O–H groups in total. The molecule has 2 bridgehead atoms. The van der Waals surface area contributed by atoms with E-state index < -0.39 is 5.63 Å². The average Bonchev–Trinajstić information content (AvgIpc) is 3.66. The number of fused-ring (bicyclic) bond motifs is 3. The third kappa shape index (κ3) is 4.44. The van der Waals surface area contributed by atoms with E-state index in [4.69, 9.17) is 21.1 Å². The number of hydrogen-bond acceptors (Lipinski definition) is 7. The number of benzene rings is 1. The first-order valence-electron chi connectivity index (χ1n) is 13.1. The van der Waals surface area contributed by atoms with Gasteiger partial charge in [-0.3, -0.25) is 9.69 Å². The summed E-state index contributed by atoms with van der Waals surface area (Å²) in [6, 6.07) is 9.04. The number of furan rings is 1. The molecule has 1 amide bonds. The van der Waals surface area contributed by atoms with Gasteiger partial charge in [-0.2, -0.15) is 0 Å². The maximum atomic E-state index is 13.2. The second-order valence-corrected chi connectivity index (χ2v) is 12.1. The predicted octanol–water partition coefficient (Wildman–Crippen LogP) is 6.88. The molecule has 3 heterocycles. The van der Waals surface area contributed by atoms with Gasteiger partial charge < -0.3 is 13.9 Å². The summed E-state index contributed by atoms with van der Waals surface area (Å²) in [6.07, 6.45) is 10.5. The number of thioether (sulfide) groups is 1. The number of carbonyl (C=O) groups is 1. The number of aromatic hydroxyl groups is 1. The van der Waals surface area contributed by atoms with Crippen LogP contribution in [0.25, 0.3) is 28.4 Å². The number of rotatable bonds is 7. The van der Waals surface area contributed by atoms with Gasteiger partial charge in [0.05, 0.1) is 10.3 Å². The van der Waals surface area contributed by atoms with Crippen LogP contribution in [0.15, 0.2) is 48.9 Å². The van der Waals surface area contributed by atoms with Gasteiger partial charge in [0.25, 0.3) is 5.91 Å². The maximum Gasteiger partial charge on any atom is 0.351 e. The van der Waals surface area contributed by atoms with Crippen LogP contribution in [0.5, 0.6) is 5.75 Å². The second kappa shape index (κ2) is 9.80. The van der Waals surface area contributed by atoms with E-state index in [9.17, 15) is 14.7 Å². The molecule has 1 aromatic carbocycles. The Morgan fingerprint density at radius 2 is 2.00 bits per heavy atom. The van der Waals surface area contributed by atoms with Crippen LogP contribution in [0, 0.1) is 11.8 Å². The van der Waals surface area contributed by atoms with Crippen LogP contribution < -0.4 is 5.63 Å². The van der Waals surface area contributed by atoms with Crippen molar-refractivity contribution >= 4 is 51.3 Å². The van der Waals surface area contributed by atoms with E-state index >= 15 is 0 Å². The van der Waals surface area contributed by atoms with Gasteiger partial charge in [0.1, 0.15) is 32.7 Å². The molecule has 192 valence electrons. The standard InChI is InChI=1S/C29H29NO5S2/c1-2-3-4-5-16-7-10-22-20(13-16)26(31)25(28(33)35-22)23-11-9-19(34-23)15-24-27(32)30(29(36)37-24)21-14-17-6-8-18(21)12-17/h7,9-11,13,15,17-18,21,31H,2-6,8,12,14H2,1H3/b24-15+. The molecule has 0 radical (unpaired) electrons. The highest BCUT2D eigenvalue weighted by molar-refractivity contribution is 8.26. The number of nitrogens with zero attached hydrogens (tertiary/aromatic N) is 1. The molecule has 8 heteroatoms. The van der Waals surface area contributed by atoms with Gasteiger partial charge in [-0.05, 0) is 73.8 Å². The summed E-state index contributed by atoms with van der Waals surface area (Å²) < 4.78 is 12.0. The Kier molecular flexibility index (Phi) is 6.49. The van der Waals surface area contributed by atoms with E-state index in [1.54, 1.807) is 29.2 Å². The number of amides is 1. The molecule has 2 aromatic heterocycles. The molecule has 2 saturated carbocycles. The molecular formula is C29H29NO5S2. The number of thiocarbonyl (C=S) groups is 1. The van der Waals surface area contributed by atoms with Gasteiger partial charge in [-0.1, -0.05) is 56.2 Å². The molecule has 2 aliphatic carbocycles. The molecule has 6 nitrogen and oxygen atoms in total. The number of aryl methyl sites for hydroxylation is 1. The second-order valence-electron chi connectivity index (χ2n) is 10.4. The Labute approximate surface area is 224 Å². The summed E-state index contributed by atoms with van der Waals surface area (Å²) in [7, 11) is 0. The van der Waals surface area contributed by atoms with Crippen molar-refractivity contribution in [2.45, 2.75) is 64.3 Å². The molecule has 3 unspecified atom stereocenters. The van der Waals surface area contributed by atoms with Crippen LogP contribution >= 0.6 is 24.0 Å². The zero-order valence-corrected chi connectivity index (χ0v) is 22.3. The van der Waals surface area contributed by atoms with Crippen molar-refractivity contribution in [3.8, 4) is 17.1 Å². The lowest BCUT2D eigenvalue weighted by atomic mass is 9.94. The molecule has 3 aliphatic rings. The van der Waals surface area contributed by atoms with Crippen molar-refractivity contribution in [3.05, 3.63) is 57.0 Å². The monoisotopic (exact) mass is 535 g/mol. The third-order valence-electron chi connectivity index (χ3n) is 8.01. The van der Waals surface area contributed by atoms with Crippen LogP contribution in [0.1, 0.15) is 63.2 Å². The van der Waals surface area contributed by atoms with E-state index in [0.717, 1.165) is 37.7 Å². The van der Waals surface area contributed by atoms with E-state index in [1.807, 2.05) is 12.1 Å². The van der Waals surface area contributed by atoms with Crippen molar-refractivity contribution < 1.29 is 18.7 Å². The minimum Gasteiger partial charge on any atom is -0.506 e. The van der Waals surface area contributed by atoms with Crippen molar-refractivity contribution in [2.24, 2.45) is 11.8 Å². The van der Waals surface area contributed by atoms with Crippen LogP contribution in [0.3, 0.4) is 0 Å². The first-order valence-corrected chi connectivity index (χ1v) is 14.3. The number of unbranched alkanes of at least 4 members (excludes halogenated alkanes) is 2. The van der Waals surface area contributed by atoms with Gasteiger partial charge in [0.15, 0.2) is 0 Å². The Balaban J connectivity index is 1.27. The quantitative estimate of drug-likeness (QED) is 0.153. The lowest BCUT2D eigenvalue weighted by Crippen LogP contribution is -2.41. The van der Waals surface area contributed by atoms with Crippen molar-refractivity contribution in [2.75, 3.05) is 0 Å². The minimum absolute atomic E-state index is 0.0209. The smallest absolute Gasteiger partial charge is 0.351 e. The van der Waals surface area contributed by atoms with E-state index in [1.165, 1.54) is 31.0 Å². The zero-order valence-electron chi connectivity index (χ0n) is 20.7. The molecule has 3 fully saturated rings. The Bertz CT molecular complexity index is 1490. The molecule has 37 heavy (non-hydrogen) atoms. The van der Waals surface area contributed by atoms with E-state index in [0.29, 0.717) is 37.8 Å². The molecule has 1 saturated heterocycles. The van der Waals surface area contributed by atoms with Crippen LogP contribution in [-0.2, 0) is 11.2 Å². The molecule has 0 spiro atoms. The zero-order chi connectivity index (χ0) is 25.7. The fraction of sp³-hybridized carbons (Fsp3) is 0.414. The molecular weight excluding hydrogens is 506 g/mol. The predicted molar refractivity (Wildman–Crippen MR) is 149 cm³/mol. The SMILES string of the molecule is CCCCCc1ccc2oc(=O)c(-c3ccc(/C=C4/SC(=S)N(C5CC6CCC5C6)C4=O)o3)c(O)c2c1. The summed E-state index contributed by atoms with van der Waals surface area (Å²) in [6.45, 7) is 2.16. The maximum absolute atomic E-state index is 13.2. The number of carbonyl (C=O) groups excluding carboxylic acids is 1. The third-order valence-corrected chi connectivity index (χ3v) is 9.34. The lowest BCUT2D eigenvalue weighted by molar-refractivity contribution is -0.124. The summed E-state index contributed by atoms with van der Waals surface area (Å²) in [4.78, 5) is 28.3. The highest BCUT2D eigenvalue weighted by Gasteiger charge is 2.48. The topological polar surface area (TPSA) is 83.9 Å². The van der Waals surface area contributed by atoms with Crippen molar-refractivity contribution in [1.82, 2.24) is 4.90 Å². The van der Waals surface area contributed by atoms with E-state index in [2.05, 4.69) is 6.92 Å². The van der Waals surface area contributed by atoms with Gasteiger partial charge in [-0.15, -0.1) is 0 Å². The first-order chi connectivity index (χ1) is 17.9. The van der Waals surface area contributed by atoms with Crippen molar-refractivity contribution in [3.63, 3.8) is 0 Å². The average molecular weight is 536 g/mol. The highest BCUT2D eigenvalue weighted by atomic mass is 32.2. The lowest BCUT2D eigenvalue weighted by Gasteiger charge is -2.30. The summed E-state index contributed by atoms with van der Waals surface area (Å²) >= 11 is 6.87. The summed E-state index contributed by atoms with van der Waals surface area (Å²) in [5.41, 5.74) is 0.717. The Morgan fingerprint density at radius 1 is 1.14 bits per heavy atom. The van der Waals surface area contributed by atoms with Gasteiger partial charge in [0, 0.05) is 12.1 Å². The summed E-state index contributed by atoms with van der Waals surface area (Å²) in [5, 5.41) is 11.5. The van der Waals surface area contributed by atoms with Crippen LogP contribution in [0.4, 0.5) is 0 Å². The molecule has 3 atom stereocenters. The van der Waals surface area contributed by atoms with Crippen LogP contribution in [0.2, 0.25) is 0 Å². The fourth-order valence-corrected chi connectivity index (χ4v) is 7.53. The fourth-order valence-electron chi connectivity index (χ4n) is 6.17. The van der Waals surface area contributed by atoms with Gasteiger partial charge in [0.2, 0.25) is 0 Å². The highest BCUT2D eigenvalue weighted by Crippen LogP contribution is 2.49. The largest absolute Gasteiger partial charge is 0.506 e. The number of hydrogen-bond donors (Lipinski definition) is 1. The van der Waals surface area contributed by atoms with Crippen LogP contribution in [-0.4, -0.2) is 26.3 Å². The molecule has 6 rings (SSSR count). The van der Waals surface area contributed by atoms with Crippen molar-refractivity contribution in [1.29, 1.82) is 0 Å². The van der Waals surface area contributed by atoms with E-state index in [-0.39, 0.29) is 29.0 Å².